The fourth-order valence-electron chi connectivity index (χ4n) is 3.85. The molecule has 3 unspecified atom stereocenters. The molecule has 0 spiro atoms. The SMILES string of the molecule is CC1CCCC1NC(=O)C(C)N1CCN(c2ccc(F)cc2)CC1. The van der Waals surface area contributed by atoms with E-state index in [2.05, 4.69) is 22.0 Å². The zero-order valence-electron chi connectivity index (χ0n) is 14.7. The first-order valence-electron chi connectivity index (χ1n) is 9.09. The lowest BCUT2D eigenvalue weighted by Gasteiger charge is -2.39. The molecule has 1 aromatic rings. The summed E-state index contributed by atoms with van der Waals surface area (Å²) in [6.07, 6.45) is 3.55. The van der Waals surface area contributed by atoms with E-state index >= 15 is 0 Å². The summed E-state index contributed by atoms with van der Waals surface area (Å²) in [5.41, 5.74) is 1.05. The third-order valence-electron chi connectivity index (χ3n) is 5.62. The quantitative estimate of drug-likeness (QED) is 0.920. The highest BCUT2D eigenvalue weighted by atomic mass is 19.1. The number of anilines is 1. The van der Waals surface area contributed by atoms with Crippen LogP contribution in [0.25, 0.3) is 0 Å². The summed E-state index contributed by atoms with van der Waals surface area (Å²) in [7, 11) is 0. The van der Waals surface area contributed by atoms with E-state index in [1.165, 1.54) is 25.0 Å². The standard InChI is InChI=1S/C19H28FN3O/c1-14-4-3-5-18(14)21-19(24)15(2)22-10-12-23(13-11-22)17-8-6-16(20)7-9-17/h6-9,14-15,18H,3-5,10-13H2,1-2H3,(H,21,24). The Bertz CT molecular complexity index is 554. The topological polar surface area (TPSA) is 35.6 Å². The van der Waals surface area contributed by atoms with Crippen LogP contribution in [0.2, 0.25) is 0 Å². The molecule has 1 saturated carbocycles. The van der Waals surface area contributed by atoms with E-state index in [9.17, 15) is 9.18 Å². The number of rotatable bonds is 4. The first-order chi connectivity index (χ1) is 11.5. The lowest BCUT2D eigenvalue weighted by atomic mass is 10.1. The highest BCUT2D eigenvalue weighted by Gasteiger charge is 2.30. The van der Waals surface area contributed by atoms with Gasteiger partial charge in [-0.25, -0.2) is 4.39 Å². The van der Waals surface area contributed by atoms with Gasteiger partial charge in [0.2, 0.25) is 5.91 Å². The van der Waals surface area contributed by atoms with Gasteiger partial charge in [-0.2, -0.15) is 0 Å². The molecule has 0 bridgehead atoms. The summed E-state index contributed by atoms with van der Waals surface area (Å²) >= 11 is 0. The zero-order valence-corrected chi connectivity index (χ0v) is 14.7. The van der Waals surface area contributed by atoms with E-state index in [1.807, 2.05) is 19.1 Å². The Morgan fingerprint density at radius 3 is 2.42 bits per heavy atom. The van der Waals surface area contributed by atoms with Gasteiger partial charge in [0.15, 0.2) is 0 Å². The van der Waals surface area contributed by atoms with Crippen molar-refractivity contribution in [3.8, 4) is 0 Å². The summed E-state index contributed by atoms with van der Waals surface area (Å²) < 4.78 is 13.0. The Hall–Kier alpha value is -1.62. The molecule has 4 nitrogen and oxygen atoms in total. The smallest absolute Gasteiger partial charge is 0.237 e. The largest absolute Gasteiger partial charge is 0.369 e. The lowest BCUT2D eigenvalue weighted by molar-refractivity contribution is -0.127. The third-order valence-corrected chi connectivity index (χ3v) is 5.62. The molecule has 24 heavy (non-hydrogen) atoms. The van der Waals surface area contributed by atoms with Crippen LogP contribution < -0.4 is 10.2 Å². The zero-order chi connectivity index (χ0) is 17.1. The van der Waals surface area contributed by atoms with Crippen molar-refractivity contribution in [2.24, 2.45) is 5.92 Å². The van der Waals surface area contributed by atoms with Crippen LogP contribution in [0.3, 0.4) is 0 Å². The molecule has 0 radical (unpaired) electrons. The van der Waals surface area contributed by atoms with Gasteiger partial charge in [0.1, 0.15) is 5.82 Å². The number of nitrogens with one attached hydrogen (secondary N) is 1. The summed E-state index contributed by atoms with van der Waals surface area (Å²) in [4.78, 5) is 17.0. The summed E-state index contributed by atoms with van der Waals surface area (Å²) in [5, 5.41) is 3.24. The predicted molar refractivity (Wildman–Crippen MR) is 94.6 cm³/mol. The normalized spacial score (nSPS) is 26.4. The molecule has 1 amide bonds. The van der Waals surface area contributed by atoms with Gasteiger partial charge in [-0.05, 0) is 49.9 Å². The van der Waals surface area contributed by atoms with E-state index in [0.29, 0.717) is 12.0 Å². The number of carbonyl (C=O) groups is 1. The first-order valence-corrected chi connectivity index (χ1v) is 9.09. The van der Waals surface area contributed by atoms with Crippen molar-refractivity contribution >= 4 is 11.6 Å². The van der Waals surface area contributed by atoms with Crippen LogP contribution in [0.15, 0.2) is 24.3 Å². The Kier molecular flexibility index (Phi) is 5.39. The van der Waals surface area contributed by atoms with Crippen molar-refractivity contribution in [2.45, 2.75) is 45.2 Å². The first kappa shape index (κ1) is 17.2. The molecule has 1 saturated heterocycles. The summed E-state index contributed by atoms with van der Waals surface area (Å²) in [6, 6.07) is 6.90. The number of carbonyl (C=O) groups excluding carboxylic acids is 1. The van der Waals surface area contributed by atoms with Crippen LogP contribution in [0.5, 0.6) is 0 Å². The maximum atomic E-state index is 13.0. The molecule has 1 aromatic carbocycles. The van der Waals surface area contributed by atoms with Gasteiger partial charge in [0, 0.05) is 37.9 Å². The maximum Gasteiger partial charge on any atom is 0.237 e. The van der Waals surface area contributed by atoms with Crippen molar-refractivity contribution in [3.05, 3.63) is 30.1 Å². The molecule has 1 heterocycles. The minimum absolute atomic E-state index is 0.0897. The second-order valence-corrected chi connectivity index (χ2v) is 7.20. The van der Waals surface area contributed by atoms with Crippen LogP contribution in [0, 0.1) is 11.7 Å². The molecule has 1 N–H and O–H groups in total. The maximum absolute atomic E-state index is 13.0. The van der Waals surface area contributed by atoms with Crippen molar-refractivity contribution < 1.29 is 9.18 Å². The number of hydrogen-bond acceptors (Lipinski definition) is 3. The average molecular weight is 333 g/mol. The molecule has 1 aliphatic carbocycles. The fraction of sp³-hybridized carbons (Fsp3) is 0.632. The number of nitrogens with zero attached hydrogens (tertiary/aromatic N) is 2. The van der Waals surface area contributed by atoms with E-state index in [4.69, 9.17) is 0 Å². The Morgan fingerprint density at radius 2 is 1.83 bits per heavy atom. The molecule has 5 heteroatoms. The van der Waals surface area contributed by atoms with Gasteiger partial charge < -0.3 is 10.2 Å². The van der Waals surface area contributed by atoms with Crippen LogP contribution in [0.1, 0.15) is 33.1 Å². The average Bonchev–Trinajstić information content (AvgIpc) is 3.00. The van der Waals surface area contributed by atoms with Crippen LogP contribution >= 0.6 is 0 Å². The van der Waals surface area contributed by atoms with Gasteiger partial charge in [0.05, 0.1) is 6.04 Å². The molecule has 2 fully saturated rings. The second kappa shape index (κ2) is 7.51. The number of halogens is 1. The summed E-state index contributed by atoms with van der Waals surface area (Å²) in [5.74, 6) is 0.546. The number of hydrogen-bond donors (Lipinski definition) is 1. The van der Waals surface area contributed by atoms with Crippen molar-refractivity contribution in [1.29, 1.82) is 0 Å². The molecule has 3 rings (SSSR count). The van der Waals surface area contributed by atoms with Crippen molar-refractivity contribution in [2.75, 3.05) is 31.1 Å². The van der Waals surface area contributed by atoms with E-state index in [-0.39, 0.29) is 17.8 Å². The van der Waals surface area contributed by atoms with Crippen LogP contribution in [0.4, 0.5) is 10.1 Å². The molecule has 0 aromatic heterocycles. The van der Waals surface area contributed by atoms with Gasteiger partial charge in [-0.1, -0.05) is 13.3 Å². The number of piperazine rings is 1. The molecule has 2 aliphatic rings. The monoisotopic (exact) mass is 333 g/mol. The van der Waals surface area contributed by atoms with Gasteiger partial charge >= 0.3 is 0 Å². The van der Waals surface area contributed by atoms with Gasteiger partial charge in [-0.3, -0.25) is 9.69 Å². The van der Waals surface area contributed by atoms with Crippen molar-refractivity contribution in [3.63, 3.8) is 0 Å². The predicted octanol–water partition coefficient (Wildman–Crippen LogP) is 2.64. The van der Waals surface area contributed by atoms with E-state index in [0.717, 1.165) is 38.3 Å². The minimum Gasteiger partial charge on any atom is -0.369 e. The Balaban J connectivity index is 1.50. The van der Waals surface area contributed by atoms with Gasteiger partial charge in [-0.15, -0.1) is 0 Å². The second-order valence-electron chi connectivity index (χ2n) is 7.20. The van der Waals surface area contributed by atoms with Crippen molar-refractivity contribution in [1.82, 2.24) is 10.2 Å². The Labute approximate surface area is 144 Å². The van der Waals surface area contributed by atoms with Gasteiger partial charge in [0.25, 0.3) is 0 Å². The minimum atomic E-state index is -0.205. The number of amides is 1. The van der Waals surface area contributed by atoms with Crippen LogP contribution in [-0.4, -0.2) is 49.1 Å². The molecular weight excluding hydrogens is 305 g/mol. The molecule has 3 atom stereocenters. The molecule has 132 valence electrons. The third kappa shape index (κ3) is 3.89. The highest BCUT2D eigenvalue weighted by Crippen LogP contribution is 2.25. The number of benzene rings is 1. The van der Waals surface area contributed by atoms with E-state index in [1.54, 1.807) is 0 Å². The highest BCUT2D eigenvalue weighted by molar-refractivity contribution is 5.81. The Morgan fingerprint density at radius 1 is 1.17 bits per heavy atom. The molecule has 1 aliphatic heterocycles. The van der Waals surface area contributed by atoms with Crippen LogP contribution in [-0.2, 0) is 4.79 Å². The lowest BCUT2D eigenvalue weighted by Crippen LogP contribution is -2.55. The fourth-order valence-corrected chi connectivity index (χ4v) is 3.85. The van der Waals surface area contributed by atoms with E-state index < -0.39 is 0 Å². The molecular formula is C19H28FN3O. The summed E-state index contributed by atoms with van der Waals surface area (Å²) in [6.45, 7) is 7.66.